The van der Waals surface area contributed by atoms with Crippen LogP contribution in [-0.2, 0) is 6.54 Å². The van der Waals surface area contributed by atoms with Crippen molar-refractivity contribution in [3.8, 4) is 0 Å². The summed E-state index contributed by atoms with van der Waals surface area (Å²) in [5.41, 5.74) is 1.00. The molecule has 23 heavy (non-hydrogen) atoms. The summed E-state index contributed by atoms with van der Waals surface area (Å²) in [6, 6.07) is 0. The molecule has 6 heteroatoms. The SMILES string of the molecule is Cc1nc(CN2CCC(CN=C(N(C)C)N(C)C)CC2)oc1C. The Balaban J connectivity index is 1.80. The third-order valence-corrected chi connectivity index (χ3v) is 4.43. The van der Waals surface area contributed by atoms with Crippen molar-refractivity contribution in [2.24, 2.45) is 10.9 Å². The van der Waals surface area contributed by atoms with Gasteiger partial charge < -0.3 is 14.2 Å². The van der Waals surface area contributed by atoms with E-state index in [9.17, 15) is 0 Å². The number of piperidine rings is 1. The Labute approximate surface area is 140 Å². The molecule has 1 saturated heterocycles. The molecule has 0 atom stereocenters. The van der Waals surface area contributed by atoms with Gasteiger partial charge in [-0.05, 0) is 45.7 Å². The van der Waals surface area contributed by atoms with Crippen LogP contribution in [-0.4, -0.2) is 73.5 Å². The van der Waals surface area contributed by atoms with Gasteiger partial charge in [0.1, 0.15) is 5.76 Å². The van der Waals surface area contributed by atoms with E-state index in [0.717, 1.165) is 49.5 Å². The van der Waals surface area contributed by atoms with Gasteiger partial charge in [0, 0.05) is 34.7 Å². The van der Waals surface area contributed by atoms with E-state index in [1.807, 2.05) is 42.0 Å². The molecular weight excluding hydrogens is 290 g/mol. The minimum atomic E-state index is 0.675. The van der Waals surface area contributed by atoms with E-state index in [-0.39, 0.29) is 0 Å². The lowest BCUT2D eigenvalue weighted by Crippen LogP contribution is -2.37. The molecular formula is C17H31N5O. The summed E-state index contributed by atoms with van der Waals surface area (Å²) in [6.45, 7) is 7.91. The molecule has 0 amide bonds. The largest absolute Gasteiger partial charge is 0.444 e. The van der Waals surface area contributed by atoms with Crippen molar-refractivity contribution in [1.82, 2.24) is 19.7 Å². The Morgan fingerprint density at radius 1 is 1.17 bits per heavy atom. The first-order chi connectivity index (χ1) is 10.9. The number of hydrogen-bond acceptors (Lipinski definition) is 4. The topological polar surface area (TPSA) is 48.1 Å². The number of aromatic nitrogens is 1. The molecule has 0 saturated carbocycles. The minimum Gasteiger partial charge on any atom is -0.444 e. The zero-order chi connectivity index (χ0) is 17.0. The molecule has 1 aromatic heterocycles. The number of oxazole rings is 1. The first kappa shape index (κ1) is 17.8. The normalized spacial score (nSPS) is 16.4. The van der Waals surface area contributed by atoms with E-state index in [1.165, 1.54) is 12.8 Å². The number of nitrogens with zero attached hydrogens (tertiary/aromatic N) is 5. The fourth-order valence-electron chi connectivity index (χ4n) is 3.02. The average molecular weight is 321 g/mol. The summed E-state index contributed by atoms with van der Waals surface area (Å²) in [7, 11) is 8.17. The van der Waals surface area contributed by atoms with Gasteiger partial charge >= 0.3 is 0 Å². The Hall–Kier alpha value is -1.56. The lowest BCUT2D eigenvalue weighted by atomic mass is 9.97. The molecule has 0 aromatic carbocycles. The first-order valence-corrected chi connectivity index (χ1v) is 8.41. The van der Waals surface area contributed by atoms with Crippen molar-refractivity contribution in [2.75, 3.05) is 47.8 Å². The molecule has 1 aliphatic heterocycles. The fourth-order valence-corrected chi connectivity index (χ4v) is 3.02. The number of aryl methyl sites for hydroxylation is 2. The molecule has 130 valence electrons. The van der Waals surface area contributed by atoms with Crippen molar-refractivity contribution in [2.45, 2.75) is 33.2 Å². The van der Waals surface area contributed by atoms with Gasteiger partial charge in [-0.3, -0.25) is 9.89 Å². The van der Waals surface area contributed by atoms with Crippen LogP contribution in [0.4, 0.5) is 0 Å². The highest BCUT2D eigenvalue weighted by molar-refractivity contribution is 5.79. The van der Waals surface area contributed by atoms with E-state index in [2.05, 4.69) is 19.7 Å². The van der Waals surface area contributed by atoms with Crippen LogP contribution in [0.15, 0.2) is 9.41 Å². The number of likely N-dealkylation sites (tertiary alicyclic amines) is 1. The van der Waals surface area contributed by atoms with Crippen LogP contribution in [0.25, 0.3) is 0 Å². The predicted molar refractivity (Wildman–Crippen MR) is 93.7 cm³/mol. The molecule has 1 aliphatic rings. The van der Waals surface area contributed by atoms with Crippen LogP contribution < -0.4 is 0 Å². The smallest absolute Gasteiger partial charge is 0.208 e. The zero-order valence-electron chi connectivity index (χ0n) is 15.5. The Bertz CT molecular complexity index is 498. The second-order valence-corrected chi connectivity index (χ2v) is 6.90. The lowest BCUT2D eigenvalue weighted by Gasteiger charge is -2.31. The molecule has 1 fully saturated rings. The van der Waals surface area contributed by atoms with Gasteiger partial charge in [-0.2, -0.15) is 0 Å². The van der Waals surface area contributed by atoms with Crippen molar-refractivity contribution >= 4 is 5.96 Å². The van der Waals surface area contributed by atoms with Crippen molar-refractivity contribution in [3.05, 3.63) is 17.3 Å². The summed E-state index contributed by atoms with van der Waals surface area (Å²) >= 11 is 0. The first-order valence-electron chi connectivity index (χ1n) is 8.41. The highest BCUT2D eigenvalue weighted by Crippen LogP contribution is 2.20. The van der Waals surface area contributed by atoms with Gasteiger partial charge in [-0.25, -0.2) is 4.98 Å². The van der Waals surface area contributed by atoms with Crippen molar-refractivity contribution in [3.63, 3.8) is 0 Å². The van der Waals surface area contributed by atoms with Crippen LogP contribution in [0.3, 0.4) is 0 Å². The zero-order valence-corrected chi connectivity index (χ0v) is 15.5. The third kappa shape index (κ3) is 4.96. The maximum atomic E-state index is 5.69. The summed E-state index contributed by atoms with van der Waals surface area (Å²) in [4.78, 5) is 15.8. The summed E-state index contributed by atoms with van der Waals surface area (Å²) < 4.78 is 5.69. The van der Waals surface area contributed by atoms with E-state index >= 15 is 0 Å². The highest BCUT2D eigenvalue weighted by atomic mass is 16.4. The van der Waals surface area contributed by atoms with Gasteiger partial charge in [0.2, 0.25) is 5.89 Å². The average Bonchev–Trinajstić information content (AvgIpc) is 2.78. The van der Waals surface area contributed by atoms with Gasteiger partial charge in [-0.15, -0.1) is 0 Å². The number of aliphatic imine (C=N–C) groups is 1. The Morgan fingerprint density at radius 3 is 2.26 bits per heavy atom. The van der Waals surface area contributed by atoms with E-state index in [1.54, 1.807) is 0 Å². The van der Waals surface area contributed by atoms with Gasteiger partial charge in [0.25, 0.3) is 0 Å². The maximum absolute atomic E-state index is 5.69. The fraction of sp³-hybridized carbons (Fsp3) is 0.765. The Kier molecular flexibility index (Phi) is 6.04. The second-order valence-electron chi connectivity index (χ2n) is 6.90. The molecule has 2 rings (SSSR count). The molecule has 6 nitrogen and oxygen atoms in total. The van der Waals surface area contributed by atoms with Crippen molar-refractivity contribution in [1.29, 1.82) is 0 Å². The van der Waals surface area contributed by atoms with Crippen LogP contribution >= 0.6 is 0 Å². The van der Waals surface area contributed by atoms with Crippen LogP contribution in [0.1, 0.15) is 30.2 Å². The number of hydrogen-bond donors (Lipinski definition) is 0. The third-order valence-electron chi connectivity index (χ3n) is 4.43. The van der Waals surface area contributed by atoms with E-state index in [4.69, 9.17) is 9.41 Å². The highest BCUT2D eigenvalue weighted by Gasteiger charge is 2.21. The monoisotopic (exact) mass is 321 g/mol. The Morgan fingerprint density at radius 2 is 1.78 bits per heavy atom. The molecule has 0 N–H and O–H groups in total. The molecule has 0 bridgehead atoms. The number of rotatable bonds is 4. The molecule has 2 heterocycles. The van der Waals surface area contributed by atoms with E-state index < -0.39 is 0 Å². The quantitative estimate of drug-likeness (QED) is 0.627. The van der Waals surface area contributed by atoms with Crippen LogP contribution in [0.2, 0.25) is 0 Å². The molecule has 0 unspecified atom stereocenters. The lowest BCUT2D eigenvalue weighted by molar-refractivity contribution is 0.166. The standard InChI is InChI=1S/C17H31N5O/c1-13-14(2)23-16(19-13)12-22-9-7-15(8-10-22)11-18-17(20(3)4)21(5)6/h15H,7-12H2,1-6H3. The number of guanidine groups is 1. The summed E-state index contributed by atoms with van der Waals surface area (Å²) in [5, 5.41) is 0. The van der Waals surface area contributed by atoms with Crippen LogP contribution in [0.5, 0.6) is 0 Å². The molecule has 1 aromatic rings. The van der Waals surface area contributed by atoms with Crippen LogP contribution in [0, 0.1) is 19.8 Å². The molecule has 0 spiro atoms. The summed E-state index contributed by atoms with van der Waals surface area (Å²) in [5.74, 6) is 3.50. The minimum absolute atomic E-state index is 0.675. The van der Waals surface area contributed by atoms with Gasteiger partial charge in [0.05, 0.1) is 12.2 Å². The van der Waals surface area contributed by atoms with Crippen molar-refractivity contribution < 1.29 is 4.42 Å². The molecule has 0 radical (unpaired) electrons. The maximum Gasteiger partial charge on any atom is 0.208 e. The second kappa shape index (κ2) is 7.81. The van der Waals surface area contributed by atoms with Gasteiger partial charge in [-0.1, -0.05) is 0 Å². The summed E-state index contributed by atoms with van der Waals surface area (Å²) in [6.07, 6.45) is 2.38. The van der Waals surface area contributed by atoms with E-state index in [0.29, 0.717) is 5.92 Å². The molecule has 0 aliphatic carbocycles. The predicted octanol–water partition coefficient (Wildman–Crippen LogP) is 1.98. The van der Waals surface area contributed by atoms with Gasteiger partial charge in [0.15, 0.2) is 5.96 Å².